The molecule has 2 N–H and O–H groups in total. The molecule has 0 heterocycles. The van der Waals surface area contributed by atoms with E-state index in [1.807, 2.05) is 0 Å². The Morgan fingerprint density at radius 1 is 1.29 bits per heavy atom. The Hall–Kier alpha value is -1.02. The highest BCUT2D eigenvalue weighted by Crippen LogP contribution is 2.22. The van der Waals surface area contributed by atoms with Gasteiger partial charge in [0.25, 0.3) is 0 Å². The van der Waals surface area contributed by atoms with Crippen LogP contribution < -0.4 is 10.6 Å². The average Bonchev–Trinajstić information content (AvgIpc) is 2.33. The molecule has 0 amide bonds. The smallest absolute Gasteiger partial charge is 0.0371 e. The van der Waals surface area contributed by atoms with Crippen LogP contribution in [0.15, 0.2) is 18.2 Å². The van der Waals surface area contributed by atoms with Crippen LogP contribution in [0.25, 0.3) is 0 Å². The lowest BCUT2D eigenvalue weighted by atomic mass is 10.0. The van der Waals surface area contributed by atoms with Gasteiger partial charge in [-0.1, -0.05) is 13.0 Å². The molecule has 96 valence electrons. The Kier molecular flexibility index (Phi) is 5.49. The molecule has 0 saturated heterocycles. The molecule has 0 fully saturated rings. The molecular formula is C15H26N2. The van der Waals surface area contributed by atoms with Crippen LogP contribution in [0.4, 0.5) is 5.69 Å². The van der Waals surface area contributed by atoms with Crippen molar-refractivity contribution in [1.29, 1.82) is 0 Å². The van der Waals surface area contributed by atoms with E-state index in [1.165, 1.54) is 23.2 Å². The molecule has 0 aliphatic rings. The Bertz CT molecular complexity index is 347. The van der Waals surface area contributed by atoms with Crippen molar-refractivity contribution in [3.05, 3.63) is 29.3 Å². The molecule has 0 aliphatic heterocycles. The molecule has 1 rings (SSSR count). The fourth-order valence-corrected chi connectivity index (χ4v) is 2.26. The highest BCUT2D eigenvalue weighted by atomic mass is 15.1. The van der Waals surface area contributed by atoms with Crippen LogP contribution in [0.5, 0.6) is 0 Å². The second kappa shape index (κ2) is 6.65. The second-order valence-corrected chi connectivity index (χ2v) is 4.69. The summed E-state index contributed by atoms with van der Waals surface area (Å²) in [5, 5.41) is 0. The van der Waals surface area contributed by atoms with Gasteiger partial charge in [0, 0.05) is 18.3 Å². The van der Waals surface area contributed by atoms with Gasteiger partial charge in [-0.2, -0.15) is 0 Å². The van der Waals surface area contributed by atoms with Crippen molar-refractivity contribution in [2.24, 2.45) is 5.73 Å². The van der Waals surface area contributed by atoms with Crippen molar-refractivity contribution in [2.75, 3.05) is 18.0 Å². The van der Waals surface area contributed by atoms with Crippen LogP contribution in [-0.4, -0.2) is 19.1 Å². The van der Waals surface area contributed by atoms with E-state index in [9.17, 15) is 0 Å². The number of anilines is 1. The minimum Gasteiger partial charge on any atom is -0.369 e. The largest absolute Gasteiger partial charge is 0.369 e. The molecule has 1 atom stereocenters. The zero-order valence-electron chi connectivity index (χ0n) is 11.7. The maximum absolute atomic E-state index is 5.61. The van der Waals surface area contributed by atoms with E-state index >= 15 is 0 Å². The first kappa shape index (κ1) is 14.0. The van der Waals surface area contributed by atoms with Gasteiger partial charge < -0.3 is 10.6 Å². The summed E-state index contributed by atoms with van der Waals surface area (Å²) in [6.07, 6.45) is 2.15. The zero-order valence-corrected chi connectivity index (χ0v) is 11.7. The second-order valence-electron chi connectivity index (χ2n) is 4.69. The quantitative estimate of drug-likeness (QED) is 0.819. The van der Waals surface area contributed by atoms with Gasteiger partial charge in [-0.3, -0.25) is 0 Å². The van der Waals surface area contributed by atoms with Crippen molar-refractivity contribution < 1.29 is 0 Å². The topological polar surface area (TPSA) is 29.3 Å². The Labute approximate surface area is 106 Å². The maximum Gasteiger partial charge on any atom is 0.0371 e. The molecule has 0 saturated carbocycles. The molecule has 17 heavy (non-hydrogen) atoms. The molecule has 2 nitrogen and oxygen atoms in total. The van der Waals surface area contributed by atoms with E-state index in [1.54, 1.807) is 0 Å². The van der Waals surface area contributed by atoms with Crippen molar-refractivity contribution in [3.8, 4) is 0 Å². The van der Waals surface area contributed by atoms with Gasteiger partial charge in [-0.25, -0.2) is 0 Å². The molecule has 0 aromatic heterocycles. The third-order valence-corrected chi connectivity index (χ3v) is 3.54. The predicted octanol–water partition coefficient (Wildman–Crippen LogP) is 3.12. The van der Waals surface area contributed by atoms with Crippen LogP contribution in [0.3, 0.4) is 0 Å². The van der Waals surface area contributed by atoms with Gasteiger partial charge in [0.05, 0.1) is 0 Å². The Morgan fingerprint density at radius 2 is 2.00 bits per heavy atom. The van der Waals surface area contributed by atoms with Crippen LogP contribution in [0.2, 0.25) is 0 Å². The maximum atomic E-state index is 5.61. The zero-order chi connectivity index (χ0) is 12.8. The van der Waals surface area contributed by atoms with Gasteiger partial charge >= 0.3 is 0 Å². The highest BCUT2D eigenvalue weighted by molar-refractivity contribution is 5.51. The third kappa shape index (κ3) is 3.47. The van der Waals surface area contributed by atoms with E-state index in [0.717, 1.165) is 19.5 Å². The van der Waals surface area contributed by atoms with Crippen molar-refractivity contribution >= 4 is 5.69 Å². The molecule has 2 heteroatoms. The first-order valence-corrected chi connectivity index (χ1v) is 6.70. The van der Waals surface area contributed by atoms with E-state index < -0.39 is 0 Å². The summed E-state index contributed by atoms with van der Waals surface area (Å²) in [6, 6.07) is 7.34. The summed E-state index contributed by atoms with van der Waals surface area (Å²) in [5.41, 5.74) is 9.67. The normalized spacial score (nSPS) is 12.5. The summed E-state index contributed by atoms with van der Waals surface area (Å²) in [5.74, 6) is 0. The number of benzene rings is 1. The van der Waals surface area contributed by atoms with E-state index in [2.05, 4.69) is 50.8 Å². The van der Waals surface area contributed by atoms with Gasteiger partial charge in [0.15, 0.2) is 0 Å². The number of nitrogens with zero attached hydrogens (tertiary/aromatic N) is 1. The van der Waals surface area contributed by atoms with E-state index in [4.69, 9.17) is 5.73 Å². The molecular weight excluding hydrogens is 208 g/mol. The fourth-order valence-electron chi connectivity index (χ4n) is 2.26. The number of hydrogen-bond donors (Lipinski definition) is 1. The molecule has 1 aromatic carbocycles. The van der Waals surface area contributed by atoms with Gasteiger partial charge in [-0.05, 0) is 63.4 Å². The molecule has 0 spiro atoms. The van der Waals surface area contributed by atoms with Crippen LogP contribution >= 0.6 is 0 Å². The van der Waals surface area contributed by atoms with Gasteiger partial charge in [0.1, 0.15) is 0 Å². The first-order chi connectivity index (χ1) is 8.13. The van der Waals surface area contributed by atoms with Gasteiger partial charge in [-0.15, -0.1) is 0 Å². The minimum atomic E-state index is 0.597. The fraction of sp³-hybridized carbons (Fsp3) is 0.600. The third-order valence-electron chi connectivity index (χ3n) is 3.54. The number of aryl methyl sites for hydroxylation is 1. The lowest BCUT2D eigenvalue weighted by Crippen LogP contribution is -2.32. The predicted molar refractivity (Wildman–Crippen MR) is 76.7 cm³/mol. The van der Waals surface area contributed by atoms with Crippen molar-refractivity contribution in [1.82, 2.24) is 0 Å². The summed E-state index contributed by atoms with van der Waals surface area (Å²) in [7, 11) is 0. The summed E-state index contributed by atoms with van der Waals surface area (Å²) >= 11 is 0. The Balaban J connectivity index is 2.94. The average molecular weight is 234 g/mol. The number of rotatable bonds is 6. The molecule has 1 unspecified atom stereocenters. The minimum absolute atomic E-state index is 0.597. The molecule has 0 aliphatic carbocycles. The first-order valence-electron chi connectivity index (χ1n) is 6.70. The summed E-state index contributed by atoms with van der Waals surface area (Å²) in [4.78, 5) is 2.46. The monoisotopic (exact) mass is 234 g/mol. The number of nitrogens with two attached hydrogens (primary N) is 1. The van der Waals surface area contributed by atoms with E-state index in [-0.39, 0.29) is 0 Å². The van der Waals surface area contributed by atoms with Crippen LogP contribution in [0, 0.1) is 6.92 Å². The standard InChI is InChI=1S/C15H26N2/c1-5-13(4)17(6-2)15-8-7-14(9-10-16)12(3)11-15/h7-8,11,13H,5-6,9-10,16H2,1-4H3. The lowest BCUT2D eigenvalue weighted by Gasteiger charge is -2.30. The Morgan fingerprint density at radius 3 is 2.47 bits per heavy atom. The SMILES string of the molecule is CCC(C)N(CC)c1ccc(CCN)c(C)c1. The molecule has 1 aromatic rings. The molecule has 0 radical (unpaired) electrons. The summed E-state index contributed by atoms with van der Waals surface area (Å²) in [6.45, 7) is 10.7. The van der Waals surface area contributed by atoms with Crippen molar-refractivity contribution in [3.63, 3.8) is 0 Å². The molecule has 0 bridgehead atoms. The van der Waals surface area contributed by atoms with Gasteiger partial charge in [0.2, 0.25) is 0 Å². The van der Waals surface area contributed by atoms with Crippen molar-refractivity contribution in [2.45, 2.75) is 46.6 Å². The lowest BCUT2D eigenvalue weighted by molar-refractivity contribution is 0.630. The van der Waals surface area contributed by atoms with E-state index in [0.29, 0.717) is 6.04 Å². The number of hydrogen-bond acceptors (Lipinski definition) is 2. The van der Waals surface area contributed by atoms with Crippen LogP contribution in [0.1, 0.15) is 38.3 Å². The van der Waals surface area contributed by atoms with Crippen LogP contribution in [-0.2, 0) is 6.42 Å². The highest BCUT2D eigenvalue weighted by Gasteiger charge is 2.11. The summed E-state index contributed by atoms with van der Waals surface area (Å²) < 4.78 is 0.